The van der Waals surface area contributed by atoms with Crippen molar-refractivity contribution in [1.82, 2.24) is 10.3 Å². The number of thiazole rings is 1. The van der Waals surface area contributed by atoms with Crippen LogP contribution in [0.5, 0.6) is 0 Å². The van der Waals surface area contributed by atoms with E-state index in [1.807, 2.05) is 0 Å². The van der Waals surface area contributed by atoms with Crippen LogP contribution in [-0.2, 0) is 11.3 Å². The fraction of sp³-hybridized carbons (Fsp3) is 0.750. The second-order valence-corrected chi connectivity index (χ2v) is 5.73. The molecular formula is C12H20N2OS. The highest BCUT2D eigenvalue weighted by Crippen LogP contribution is 2.17. The molecule has 1 aromatic rings. The van der Waals surface area contributed by atoms with Gasteiger partial charge in [-0.15, -0.1) is 11.3 Å². The Labute approximate surface area is 101 Å². The van der Waals surface area contributed by atoms with E-state index in [4.69, 9.17) is 4.74 Å². The van der Waals surface area contributed by atoms with Crippen LogP contribution < -0.4 is 5.32 Å². The third-order valence-corrected chi connectivity index (χ3v) is 4.18. The molecule has 1 N–H and O–H groups in total. The second kappa shape index (κ2) is 5.75. The number of rotatable bonds is 5. The molecule has 1 saturated heterocycles. The second-order valence-electron chi connectivity index (χ2n) is 4.44. The summed E-state index contributed by atoms with van der Waals surface area (Å²) in [6.07, 6.45) is 2.46. The van der Waals surface area contributed by atoms with Crippen LogP contribution in [0, 0.1) is 19.8 Å². The van der Waals surface area contributed by atoms with Gasteiger partial charge < -0.3 is 10.1 Å². The number of ether oxygens (including phenoxy) is 1. The molecule has 0 bridgehead atoms. The Hall–Kier alpha value is -0.450. The number of aryl methyl sites for hydroxylation is 2. The Morgan fingerprint density at radius 2 is 2.38 bits per heavy atom. The average Bonchev–Trinajstić information content (AvgIpc) is 2.85. The summed E-state index contributed by atoms with van der Waals surface area (Å²) < 4.78 is 5.35. The van der Waals surface area contributed by atoms with Gasteiger partial charge >= 0.3 is 0 Å². The molecule has 1 aliphatic heterocycles. The van der Waals surface area contributed by atoms with Gasteiger partial charge in [0.2, 0.25) is 0 Å². The molecule has 0 saturated carbocycles. The highest BCUT2D eigenvalue weighted by molar-refractivity contribution is 7.11. The normalized spacial score (nSPS) is 20.5. The van der Waals surface area contributed by atoms with Crippen molar-refractivity contribution in [2.45, 2.75) is 33.2 Å². The molecule has 90 valence electrons. The largest absolute Gasteiger partial charge is 0.381 e. The summed E-state index contributed by atoms with van der Waals surface area (Å²) in [5, 5.41) is 4.67. The molecule has 0 spiro atoms. The quantitative estimate of drug-likeness (QED) is 0.802. The topological polar surface area (TPSA) is 34.2 Å². The predicted octanol–water partition coefficient (Wildman–Crippen LogP) is 2.28. The van der Waals surface area contributed by atoms with Gasteiger partial charge in [0.15, 0.2) is 0 Å². The highest BCUT2D eigenvalue weighted by atomic mass is 32.1. The minimum Gasteiger partial charge on any atom is -0.381 e. The van der Waals surface area contributed by atoms with Crippen molar-refractivity contribution in [3.8, 4) is 0 Å². The Morgan fingerprint density at radius 3 is 3.00 bits per heavy atom. The van der Waals surface area contributed by atoms with E-state index in [9.17, 15) is 0 Å². The van der Waals surface area contributed by atoms with Gasteiger partial charge in [-0.3, -0.25) is 0 Å². The zero-order chi connectivity index (χ0) is 11.4. The van der Waals surface area contributed by atoms with Gasteiger partial charge in [0, 0.05) is 24.6 Å². The number of aromatic nitrogens is 1. The first-order chi connectivity index (χ1) is 7.75. The van der Waals surface area contributed by atoms with Gasteiger partial charge in [0.05, 0.1) is 5.69 Å². The maximum absolute atomic E-state index is 5.35. The number of hydrogen-bond donors (Lipinski definition) is 1. The molecule has 2 rings (SSSR count). The molecule has 0 amide bonds. The Balaban J connectivity index is 1.64. The van der Waals surface area contributed by atoms with Crippen molar-refractivity contribution < 1.29 is 4.74 Å². The number of nitrogens with one attached hydrogen (secondary N) is 1. The summed E-state index contributed by atoms with van der Waals surface area (Å²) in [6.45, 7) is 8.10. The summed E-state index contributed by atoms with van der Waals surface area (Å²) in [5.41, 5.74) is 1.17. The van der Waals surface area contributed by atoms with Gasteiger partial charge in [-0.2, -0.15) is 0 Å². The van der Waals surface area contributed by atoms with Crippen LogP contribution in [0.2, 0.25) is 0 Å². The minimum absolute atomic E-state index is 0.771. The molecular weight excluding hydrogens is 220 g/mol. The molecule has 1 aromatic heterocycles. The molecule has 16 heavy (non-hydrogen) atoms. The molecule has 1 fully saturated rings. The van der Waals surface area contributed by atoms with E-state index >= 15 is 0 Å². The van der Waals surface area contributed by atoms with Crippen LogP contribution in [0.1, 0.15) is 28.4 Å². The van der Waals surface area contributed by atoms with E-state index in [2.05, 4.69) is 24.1 Å². The lowest BCUT2D eigenvalue weighted by Gasteiger charge is -2.07. The van der Waals surface area contributed by atoms with E-state index in [1.165, 1.54) is 28.4 Å². The Bertz CT molecular complexity index is 312. The van der Waals surface area contributed by atoms with Crippen LogP contribution in [-0.4, -0.2) is 24.7 Å². The van der Waals surface area contributed by atoms with E-state index in [-0.39, 0.29) is 0 Å². The SMILES string of the molecule is Cc1nc(CNCCC2CCOC2)sc1C. The third-order valence-electron chi connectivity index (χ3n) is 3.10. The van der Waals surface area contributed by atoms with Gasteiger partial charge in [-0.05, 0) is 39.2 Å². The highest BCUT2D eigenvalue weighted by Gasteiger charge is 2.14. The maximum atomic E-state index is 5.35. The molecule has 0 aromatic carbocycles. The zero-order valence-electron chi connectivity index (χ0n) is 10.1. The van der Waals surface area contributed by atoms with Crippen molar-refractivity contribution in [2.24, 2.45) is 5.92 Å². The van der Waals surface area contributed by atoms with Gasteiger partial charge in [-0.25, -0.2) is 4.98 Å². The Morgan fingerprint density at radius 1 is 1.50 bits per heavy atom. The fourth-order valence-electron chi connectivity index (χ4n) is 1.93. The molecule has 0 radical (unpaired) electrons. The van der Waals surface area contributed by atoms with Crippen molar-refractivity contribution in [1.29, 1.82) is 0 Å². The van der Waals surface area contributed by atoms with Crippen molar-refractivity contribution in [2.75, 3.05) is 19.8 Å². The van der Waals surface area contributed by atoms with E-state index in [0.29, 0.717) is 0 Å². The van der Waals surface area contributed by atoms with Crippen LogP contribution in [0.4, 0.5) is 0 Å². The summed E-state index contributed by atoms with van der Waals surface area (Å²) in [6, 6.07) is 0. The van der Waals surface area contributed by atoms with E-state index in [0.717, 1.165) is 32.2 Å². The number of hydrogen-bond acceptors (Lipinski definition) is 4. The smallest absolute Gasteiger partial charge is 0.107 e. The van der Waals surface area contributed by atoms with Gasteiger partial charge in [0.25, 0.3) is 0 Å². The molecule has 1 atom stereocenters. The molecule has 3 nitrogen and oxygen atoms in total. The van der Waals surface area contributed by atoms with Gasteiger partial charge in [-0.1, -0.05) is 0 Å². The maximum Gasteiger partial charge on any atom is 0.107 e. The number of nitrogens with zero attached hydrogens (tertiary/aromatic N) is 1. The van der Waals surface area contributed by atoms with Crippen LogP contribution in [0.25, 0.3) is 0 Å². The summed E-state index contributed by atoms with van der Waals surface area (Å²) in [4.78, 5) is 5.85. The summed E-state index contributed by atoms with van der Waals surface area (Å²) >= 11 is 1.80. The predicted molar refractivity (Wildman–Crippen MR) is 66.8 cm³/mol. The zero-order valence-corrected chi connectivity index (χ0v) is 10.9. The molecule has 0 aliphatic carbocycles. The monoisotopic (exact) mass is 240 g/mol. The van der Waals surface area contributed by atoms with Crippen LogP contribution in [0.15, 0.2) is 0 Å². The molecule has 4 heteroatoms. The lowest BCUT2D eigenvalue weighted by atomic mass is 10.1. The van der Waals surface area contributed by atoms with Crippen LogP contribution in [0.3, 0.4) is 0 Å². The van der Waals surface area contributed by atoms with Gasteiger partial charge in [0.1, 0.15) is 5.01 Å². The summed E-state index contributed by atoms with van der Waals surface area (Å²) in [5.74, 6) is 0.771. The lowest BCUT2D eigenvalue weighted by molar-refractivity contribution is 0.184. The summed E-state index contributed by atoms with van der Waals surface area (Å²) in [7, 11) is 0. The molecule has 1 unspecified atom stereocenters. The fourth-order valence-corrected chi connectivity index (χ4v) is 2.83. The average molecular weight is 240 g/mol. The van der Waals surface area contributed by atoms with Crippen LogP contribution >= 0.6 is 11.3 Å². The third kappa shape index (κ3) is 3.27. The van der Waals surface area contributed by atoms with Crippen molar-refractivity contribution in [3.63, 3.8) is 0 Å². The van der Waals surface area contributed by atoms with E-state index < -0.39 is 0 Å². The first kappa shape index (κ1) is 12.0. The Kier molecular flexibility index (Phi) is 4.32. The standard InChI is InChI=1S/C12H20N2OS/c1-9-10(2)16-12(14-9)7-13-5-3-11-4-6-15-8-11/h11,13H,3-8H2,1-2H3. The molecule has 1 aliphatic rings. The molecule has 2 heterocycles. The van der Waals surface area contributed by atoms with Crippen molar-refractivity contribution >= 4 is 11.3 Å². The first-order valence-electron chi connectivity index (χ1n) is 5.97. The first-order valence-corrected chi connectivity index (χ1v) is 6.78. The van der Waals surface area contributed by atoms with Crippen molar-refractivity contribution in [3.05, 3.63) is 15.6 Å². The minimum atomic E-state index is 0.771. The lowest BCUT2D eigenvalue weighted by Crippen LogP contribution is -2.17. The van der Waals surface area contributed by atoms with E-state index in [1.54, 1.807) is 11.3 Å².